The maximum Gasteiger partial charge on any atom is 0.182 e. The fourth-order valence-corrected chi connectivity index (χ4v) is 0.692. The van der Waals surface area contributed by atoms with Crippen molar-refractivity contribution in [2.75, 3.05) is 0 Å². The van der Waals surface area contributed by atoms with E-state index in [4.69, 9.17) is 5.26 Å². The minimum Gasteiger partial charge on any atom is -0.283 e. The van der Waals surface area contributed by atoms with Crippen LogP contribution in [0.15, 0.2) is 29.3 Å². The summed E-state index contributed by atoms with van der Waals surface area (Å²) in [4.78, 5) is 3.76. The molecule has 0 aromatic heterocycles. The van der Waals surface area contributed by atoms with Crippen LogP contribution in [0.5, 0.6) is 0 Å². The van der Waals surface area contributed by atoms with Gasteiger partial charge in [0.15, 0.2) is 6.19 Å². The summed E-state index contributed by atoms with van der Waals surface area (Å²) in [5.74, 6) is -0.346. The highest BCUT2D eigenvalue weighted by molar-refractivity contribution is 5.62. The van der Waals surface area contributed by atoms with E-state index in [0.717, 1.165) is 0 Å². The van der Waals surface area contributed by atoms with Crippen molar-refractivity contribution in [3.05, 3.63) is 30.1 Å². The molecular weight excluding hydrogens is 157 g/mol. The molecule has 0 aliphatic rings. The van der Waals surface area contributed by atoms with Crippen LogP contribution in [0.25, 0.3) is 0 Å². The molecule has 0 atom stereocenters. The smallest absolute Gasteiger partial charge is 0.182 e. The van der Waals surface area contributed by atoms with Gasteiger partial charge in [0, 0.05) is 0 Å². The monoisotopic (exact) mass is 163 g/mol. The Morgan fingerprint density at radius 3 is 3.08 bits per heavy atom. The first kappa shape index (κ1) is 8.21. The molecule has 0 saturated heterocycles. The third-order valence-electron chi connectivity index (χ3n) is 1.15. The second-order valence-electron chi connectivity index (χ2n) is 1.99. The molecule has 4 heteroatoms. The zero-order valence-corrected chi connectivity index (χ0v) is 6.16. The Morgan fingerprint density at radius 2 is 2.42 bits per heavy atom. The summed E-state index contributed by atoms with van der Waals surface area (Å²) in [6.45, 7) is 0. The number of halogens is 1. The van der Waals surface area contributed by atoms with Crippen LogP contribution in [0.4, 0.5) is 10.1 Å². The fourth-order valence-electron chi connectivity index (χ4n) is 0.692. The number of nitriles is 1. The minimum atomic E-state index is -0.346. The van der Waals surface area contributed by atoms with E-state index in [1.165, 1.54) is 18.5 Å². The lowest BCUT2D eigenvalue weighted by molar-refractivity contribution is 0.628. The highest BCUT2D eigenvalue weighted by Gasteiger charge is 1.89. The van der Waals surface area contributed by atoms with Gasteiger partial charge < -0.3 is 0 Å². The van der Waals surface area contributed by atoms with E-state index in [0.29, 0.717) is 5.69 Å². The highest BCUT2D eigenvalue weighted by Crippen LogP contribution is 2.11. The second kappa shape index (κ2) is 4.09. The lowest BCUT2D eigenvalue weighted by Crippen LogP contribution is -1.98. The molecule has 1 N–H and O–H groups in total. The van der Waals surface area contributed by atoms with E-state index in [1.807, 2.05) is 0 Å². The number of hydrogen-bond donors (Lipinski definition) is 1. The molecule has 0 unspecified atom stereocenters. The predicted molar refractivity (Wildman–Crippen MR) is 43.3 cm³/mol. The van der Waals surface area contributed by atoms with Gasteiger partial charge in [0.05, 0.1) is 5.69 Å². The summed E-state index contributed by atoms with van der Waals surface area (Å²) >= 11 is 0. The normalized spacial score (nSPS) is 9.67. The van der Waals surface area contributed by atoms with Crippen LogP contribution in [0.3, 0.4) is 0 Å². The Kier molecular flexibility index (Phi) is 2.79. The standard InChI is InChI=1S/C8H6FN3/c9-7-2-1-3-8(4-7)12-6-11-5-10/h1-4,6H,(H,11,12). The molecular formula is C8H6FN3. The first-order valence-electron chi connectivity index (χ1n) is 3.25. The molecule has 3 nitrogen and oxygen atoms in total. The molecule has 0 amide bonds. The summed E-state index contributed by atoms with van der Waals surface area (Å²) < 4.78 is 12.5. The van der Waals surface area contributed by atoms with Crippen LogP contribution in [0.2, 0.25) is 0 Å². The fraction of sp³-hybridized carbons (Fsp3) is 0. The van der Waals surface area contributed by atoms with E-state index in [2.05, 4.69) is 10.3 Å². The van der Waals surface area contributed by atoms with E-state index < -0.39 is 0 Å². The Labute approximate surface area is 69.2 Å². The maximum atomic E-state index is 12.5. The molecule has 0 heterocycles. The number of nitrogens with one attached hydrogen (secondary N) is 1. The number of hydrogen-bond acceptors (Lipinski definition) is 2. The van der Waals surface area contributed by atoms with Gasteiger partial charge in [0.25, 0.3) is 0 Å². The van der Waals surface area contributed by atoms with Crippen molar-refractivity contribution < 1.29 is 4.39 Å². The zero-order valence-electron chi connectivity index (χ0n) is 6.16. The van der Waals surface area contributed by atoms with Gasteiger partial charge in [0.1, 0.15) is 12.2 Å². The van der Waals surface area contributed by atoms with Gasteiger partial charge in [-0.15, -0.1) is 0 Å². The lowest BCUT2D eigenvalue weighted by Gasteiger charge is -1.91. The van der Waals surface area contributed by atoms with Crippen molar-refractivity contribution >= 4 is 12.0 Å². The van der Waals surface area contributed by atoms with Crippen molar-refractivity contribution in [2.24, 2.45) is 4.99 Å². The van der Waals surface area contributed by atoms with Crippen LogP contribution in [-0.4, -0.2) is 6.34 Å². The number of aliphatic imine (C=N–C) groups is 1. The van der Waals surface area contributed by atoms with E-state index in [9.17, 15) is 4.39 Å². The van der Waals surface area contributed by atoms with Crippen LogP contribution >= 0.6 is 0 Å². The Hall–Kier alpha value is -1.89. The molecule has 0 saturated carbocycles. The van der Waals surface area contributed by atoms with Crippen molar-refractivity contribution in [3.63, 3.8) is 0 Å². The molecule has 0 aliphatic heterocycles. The third kappa shape index (κ3) is 2.39. The Bertz CT molecular complexity index is 327. The third-order valence-corrected chi connectivity index (χ3v) is 1.15. The summed E-state index contributed by atoms with van der Waals surface area (Å²) in [5, 5.41) is 10.3. The predicted octanol–water partition coefficient (Wildman–Crippen LogP) is 1.56. The molecule has 0 bridgehead atoms. The molecule has 0 spiro atoms. The van der Waals surface area contributed by atoms with E-state index in [1.54, 1.807) is 18.3 Å². The van der Waals surface area contributed by atoms with Gasteiger partial charge in [-0.05, 0) is 18.2 Å². The van der Waals surface area contributed by atoms with Gasteiger partial charge in [-0.1, -0.05) is 6.07 Å². The lowest BCUT2D eigenvalue weighted by atomic mass is 10.3. The van der Waals surface area contributed by atoms with Gasteiger partial charge in [-0.2, -0.15) is 5.26 Å². The van der Waals surface area contributed by atoms with Crippen molar-refractivity contribution in [2.45, 2.75) is 0 Å². The molecule has 0 radical (unpaired) electrons. The molecule has 0 aliphatic carbocycles. The summed E-state index contributed by atoms with van der Waals surface area (Å²) in [7, 11) is 0. The van der Waals surface area contributed by atoms with Crippen molar-refractivity contribution in [3.8, 4) is 6.19 Å². The van der Waals surface area contributed by atoms with Gasteiger partial charge in [0.2, 0.25) is 0 Å². The van der Waals surface area contributed by atoms with Crippen molar-refractivity contribution in [1.82, 2.24) is 5.32 Å². The van der Waals surface area contributed by atoms with Gasteiger partial charge in [-0.25, -0.2) is 9.38 Å². The van der Waals surface area contributed by atoms with E-state index >= 15 is 0 Å². The number of nitrogens with zero attached hydrogens (tertiary/aromatic N) is 2. The first-order chi connectivity index (χ1) is 5.83. The molecule has 0 fully saturated rings. The van der Waals surface area contributed by atoms with E-state index in [-0.39, 0.29) is 5.82 Å². The summed E-state index contributed by atoms with van der Waals surface area (Å²) in [6.07, 6.45) is 2.86. The van der Waals surface area contributed by atoms with Crippen LogP contribution in [0.1, 0.15) is 0 Å². The van der Waals surface area contributed by atoms with Crippen LogP contribution in [-0.2, 0) is 0 Å². The SMILES string of the molecule is N#CNC=Nc1cccc(F)c1. The zero-order chi connectivity index (χ0) is 8.81. The average Bonchev–Trinajstić information content (AvgIpc) is 2.05. The van der Waals surface area contributed by atoms with Gasteiger partial charge in [-0.3, -0.25) is 5.32 Å². The molecule has 1 rings (SSSR count). The Balaban J connectivity index is 2.71. The Morgan fingerprint density at radius 1 is 1.58 bits per heavy atom. The minimum absolute atomic E-state index is 0.346. The highest BCUT2D eigenvalue weighted by atomic mass is 19.1. The summed E-state index contributed by atoms with van der Waals surface area (Å²) in [6, 6.07) is 5.79. The summed E-state index contributed by atoms with van der Waals surface area (Å²) in [5.41, 5.74) is 0.470. The molecule has 60 valence electrons. The molecule has 1 aromatic rings. The van der Waals surface area contributed by atoms with Gasteiger partial charge >= 0.3 is 0 Å². The quantitative estimate of drug-likeness (QED) is 0.311. The number of rotatable bonds is 2. The largest absolute Gasteiger partial charge is 0.283 e. The number of benzene rings is 1. The molecule has 1 aromatic carbocycles. The average molecular weight is 163 g/mol. The molecule has 12 heavy (non-hydrogen) atoms. The van der Waals surface area contributed by atoms with Crippen LogP contribution < -0.4 is 5.32 Å². The maximum absolute atomic E-state index is 12.5. The first-order valence-corrected chi connectivity index (χ1v) is 3.25. The van der Waals surface area contributed by atoms with Crippen LogP contribution in [0, 0.1) is 17.3 Å². The topological polar surface area (TPSA) is 48.2 Å². The van der Waals surface area contributed by atoms with Crippen molar-refractivity contribution in [1.29, 1.82) is 5.26 Å². The second-order valence-corrected chi connectivity index (χ2v) is 1.99.